The Hall–Kier alpha value is -1.56. The minimum Gasteiger partial charge on any atom is -0.391 e. The number of nitrogens with zero attached hydrogens (tertiary/aromatic N) is 2. The van der Waals surface area contributed by atoms with Crippen molar-refractivity contribution in [1.82, 2.24) is 9.97 Å². The van der Waals surface area contributed by atoms with Crippen molar-refractivity contribution in [3.05, 3.63) is 16.7 Å². The van der Waals surface area contributed by atoms with Crippen molar-refractivity contribution >= 4 is 11.5 Å². The maximum absolute atomic E-state index is 11.3. The van der Waals surface area contributed by atoms with Gasteiger partial charge in [0.05, 0.1) is 6.33 Å². The van der Waals surface area contributed by atoms with Gasteiger partial charge in [0.2, 0.25) is 0 Å². The predicted octanol–water partition coefficient (Wildman–Crippen LogP) is -0.720. The molecule has 0 atom stereocenters. The van der Waals surface area contributed by atoms with Gasteiger partial charge in [0.25, 0.3) is 5.56 Å². The summed E-state index contributed by atoms with van der Waals surface area (Å²) in [5.74, 6) is 0.562. The molecule has 1 aromatic heterocycles. The third kappa shape index (κ3) is 1.94. The molecule has 0 unspecified atom stereocenters. The molecule has 0 aromatic carbocycles. The van der Waals surface area contributed by atoms with Gasteiger partial charge in [0.1, 0.15) is 5.69 Å². The average Bonchev–Trinajstić information content (AvgIpc) is 3.03. The standard InChI is InChI=1S/C9H15N5O/c10-3-4-14(6-1-2-6)8-7(11)9(15)13-5-12-8/h5-6H,1-4,10-11H2,(H,12,13,15). The minimum atomic E-state index is -0.289. The number of hydrogen-bond donors (Lipinski definition) is 3. The maximum Gasteiger partial charge on any atom is 0.276 e. The van der Waals surface area contributed by atoms with Crippen LogP contribution in [0, 0.1) is 0 Å². The van der Waals surface area contributed by atoms with E-state index in [-0.39, 0.29) is 11.2 Å². The van der Waals surface area contributed by atoms with E-state index in [0.29, 0.717) is 24.9 Å². The molecule has 1 aliphatic rings. The van der Waals surface area contributed by atoms with E-state index < -0.39 is 0 Å². The van der Waals surface area contributed by atoms with E-state index in [1.807, 2.05) is 4.90 Å². The van der Waals surface area contributed by atoms with Crippen LogP contribution in [0.4, 0.5) is 11.5 Å². The number of nitrogens with one attached hydrogen (secondary N) is 1. The average molecular weight is 209 g/mol. The molecule has 1 aromatic rings. The Labute approximate surface area is 87.3 Å². The third-order valence-electron chi connectivity index (χ3n) is 2.50. The Bertz CT molecular complexity index is 398. The van der Waals surface area contributed by atoms with Crippen LogP contribution in [0.2, 0.25) is 0 Å². The van der Waals surface area contributed by atoms with Crippen molar-refractivity contribution in [2.75, 3.05) is 23.7 Å². The smallest absolute Gasteiger partial charge is 0.276 e. The molecule has 5 N–H and O–H groups in total. The van der Waals surface area contributed by atoms with Crippen LogP contribution in [-0.2, 0) is 0 Å². The first-order valence-corrected chi connectivity index (χ1v) is 5.04. The highest BCUT2D eigenvalue weighted by molar-refractivity contribution is 5.62. The monoisotopic (exact) mass is 209 g/mol. The fourth-order valence-electron chi connectivity index (χ4n) is 1.62. The lowest BCUT2D eigenvalue weighted by atomic mass is 10.4. The summed E-state index contributed by atoms with van der Waals surface area (Å²) >= 11 is 0. The molecule has 15 heavy (non-hydrogen) atoms. The first-order chi connectivity index (χ1) is 7.24. The van der Waals surface area contributed by atoms with Crippen LogP contribution >= 0.6 is 0 Å². The van der Waals surface area contributed by atoms with Gasteiger partial charge in [-0.25, -0.2) is 4.98 Å². The first-order valence-electron chi connectivity index (χ1n) is 5.04. The quantitative estimate of drug-likeness (QED) is 0.607. The number of rotatable bonds is 4. The second-order valence-corrected chi connectivity index (χ2v) is 3.68. The fourth-order valence-corrected chi connectivity index (χ4v) is 1.62. The van der Waals surface area contributed by atoms with Gasteiger partial charge in [-0.3, -0.25) is 4.79 Å². The summed E-state index contributed by atoms with van der Waals surface area (Å²) in [5.41, 5.74) is 11.1. The molecule has 0 spiro atoms. The van der Waals surface area contributed by atoms with E-state index in [1.165, 1.54) is 6.33 Å². The first kappa shape index (κ1) is 9.97. The number of nitrogen functional groups attached to an aromatic ring is 1. The fraction of sp³-hybridized carbons (Fsp3) is 0.556. The number of nitrogens with two attached hydrogens (primary N) is 2. The van der Waals surface area contributed by atoms with Crippen molar-refractivity contribution in [3.63, 3.8) is 0 Å². The van der Waals surface area contributed by atoms with Gasteiger partial charge in [-0.1, -0.05) is 0 Å². The van der Waals surface area contributed by atoms with E-state index in [9.17, 15) is 4.79 Å². The van der Waals surface area contributed by atoms with Gasteiger partial charge >= 0.3 is 0 Å². The molecule has 6 nitrogen and oxygen atoms in total. The van der Waals surface area contributed by atoms with Crippen LogP contribution < -0.4 is 21.9 Å². The van der Waals surface area contributed by atoms with Crippen molar-refractivity contribution in [2.45, 2.75) is 18.9 Å². The van der Waals surface area contributed by atoms with Crippen LogP contribution in [0.15, 0.2) is 11.1 Å². The highest BCUT2D eigenvalue weighted by Gasteiger charge is 2.30. The molecule has 0 aliphatic heterocycles. The molecule has 82 valence electrons. The van der Waals surface area contributed by atoms with Gasteiger partial charge < -0.3 is 21.4 Å². The maximum atomic E-state index is 11.3. The number of anilines is 2. The van der Waals surface area contributed by atoms with E-state index in [1.54, 1.807) is 0 Å². The summed E-state index contributed by atoms with van der Waals surface area (Å²) < 4.78 is 0. The zero-order valence-electron chi connectivity index (χ0n) is 8.44. The molecule has 1 saturated carbocycles. The number of hydrogen-bond acceptors (Lipinski definition) is 5. The van der Waals surface area contributed by atoms with Crippen molar-refractivity contribution in [1.29, 1.82) is 0 Å². The SMILES string of the molecule is NCCN(c1nc[nH]c(=O)c1N)C1CC1. The van der Waals surface area contributed by atoms with Crippen molar-refractivity contribution in [2.24, 2.45) is 5.73 Å². The summed E-state index contributed by atoms with van der Waals surface area (Å²) in [6.45, 7) is 1.22. The van der Waals surface area contributed by atoms with Crippen LogP contribution in [-0.4, -0.2) is 29.1 Å². The lowest BCUT2D eigenvalue weighted by Crippen LogP contribution is -2.34. The van der Waals surface area contributed by atoms with Crippen LogP contribution in [0.3, 0.4) is 0 Å². The number of aromatic nitrogens is 2. The zero-order valence-corrected chi connectivity index (χ0v) is 8.44. The Kier molecular flexibility index (Phi) is 2.59. The highest BCUT2D eigenvalue weighted by Crippen LogP contribution is 2.31. The molecule has 0 amide bonds. The molecule has 1 heterocycles. The topological polar surface area (TPSA) is 101 Å². The van der Waals surface area contributed by atoms with Crippen molar-refractivity contribution < 1.29 is 0 Å². The highest BCUT2D eigenvalue weighted by atomic mass is 16.1. The summed E-state index contributed by atoms with van der Waals surface area (Å²) in [5, 5.41) is 0. The van der Waals surface area contributed by atoms with E-state index >= 15 is 0 Å². The van der Waals surface area contributed by atoms with Gasteiger partial charge in [0, 0.05) is 19.1 Å². The molecular formula is C9H15N5O. The lowest BCUT2D eigenvalue weighted by molar-refractivity contribution is 0.769. The Morgan fingerprint density at radius 1 is 1.60 bits per heavy atom. The zero-order chi connectivity index (χ0) is 10.8. The van der Waals surface area contributed by atoms with Gasteiger partial charge in [-0.05, 0) is 12.8 Å². The molecule has 6 heteroatoms. The molecule has 0 radical (unpaired) electrons. The second kappa shape index (κ2) is 3.90. The molecule has 1 aliphatic carbocycles. The molecule has 0 bridgehead atoms. The minimum absolute atomic E-state index is 0.179. The van der Waals surface area contributed by atoms with Crippen LogP contribution in [0.5, 0.6) is 0 Å². The lowest BCUT2D eigenvalue weighted by Gasteiger charge is -2.23. The number of H-pyrrole nitrogens is 1. The summed E-state index contributed by atoms with van der Waals surface area (Å²) in [4.78, 5) is 19.9. The summed E-state index contributed by atoms with van der Waals surface area (Å²) in [6, 6.07) is 0.449. The summed E-state index contributed by atoms with van der Waals surface area (Å²) in [7, 11) is 0. The summed E-state index contributed by atoms with van der Waals surface area (Å²) in [6.07, 6.45) is 3.61. The van der Waals surface area contributed by atoms with Crippen LogP contribution in [0.1, 0.15) is 12.8 Å². The second-order valence-electron chi connectivity index (χ2n) is 3.68. The Morgan fingerprint density at radius 3 is 2.93 bits per heavy atom. The molecule has 1 fully saturated rings. The normalized spacial score (nSPS) is 15.3. The molecule has 2 rings (SSSR count). The van der Waals surface area contributed by atoms with E-state index in [4.69, 9.17) is 11.5 Å². The largest absolute Gasteiger partial charge is 0.391 e. The van der Waals surface area contributed by atoms with Crippen molar-refractivity contribution in [3.8, 4) is 0 Å². The van der Waals surface area contributed by atoms with E-state index in [0.717, 1.165) is 12.8 Å². The van der Waals surface area contributed by atoms with E-state index in [2.05, 4.69) is 9.97 Å². The van der Waals surface area contributed by atoms with Gasteiger partial charge in [0.15, 0.2) is 5.82 Å². The number of aromatic amines is 1. The molecule has 0 saturated heterocycles. The Balaban J connectivity index is 2.32. The van der Waals surface area contributed by atoms with Gasteiger partial charge in [-0.15, -0.1) is 0 Å². The van der Waals surface area contributed by atoms with Gasteiger partial charge in [-0.2, -0.15) is 0 Å². The van der Waals surface area contributed by atoms with Crippen LogP contribution in [0.25, 0.3) is 0 Å². The predicted molar refractivity (Wildman–Crippen MR) is 58.7 cm³/mol. The Morgan fingerprint density at radius 2 is 2.33 bits per heavy atom. The third-order valence-corrected chi connectivity index (χ3v) is 2.50. The molecular weight excluding hydrogens is 194 g/mol.